The van der Waals surface area contributed by atoms with E-state index in [2.05, 4.69) is 5.10 Å². The molecule has 2 heterocycles. The molecule has 0 radical (unpaired) electrons. The van der Waals surface area contributed by atoms with Crippen LogP contribution in [0.25, 0.3) is 10.9 Å². The van der Waals surface area contributed by atoms with E-state index in [1.165, 1.54) is 0 Å². The number of pyridine rings is 1. The summed E-state index contributed by atoms with van der Waals surface area (Å²) in [6.07, 6.45) is 0. The Morgan fingerprint density at radius 2 is 1.95 bits per heavy atom. The number of hydrogen-bond acceptors (Lipinski definition) is 3. The van der Waals surface area contributed by atoms with Gasteiger partial charge in [0, 0.05) is 30.2 Å². The first-order chi connectivity index (χ1) is 10.1. The summed E-state index contributed by atoms with van der Waals surface area (Å²) in [5.74, 6) is 0. The van der Waals surface area contributed by atoms with E-state index in [4.69, 9.17) is 5.73 Å². The molecule has 1 aromatic carbocycles. The normalized spacial score (nSPS) is 11.2. The van der Waals surface area contributed by atoms with E-state index in [0.717, 1.165) is 22.3 Å². The van der Waals surface area contributed by atoms with Crippen molar-refractivity contribution < 1.29 is 0 Å². The third-order valence-corrected chi connectivity index (χ3v) is 3.83. The standard InChI is InChI=1S/C16H18N4O/c1-11-7-8-12(9-17)16(21)20(11)10-14-13-5-3-4-6-15(13)19(2)18-14/h3-8H,9-10,17H2,1-2H3. The molecular formula is C16H18N4O. The highest BCUT2D eigenvalue weighted by molar-refractivity contribution is 5.81. The monoisotopic (exact) mass is 282 g/mol. The van der Waals surface area contributed by atoms with Gasteiger partial charge in [-0.1, -0.05) is 24.3 Å². The van der Waals surface area contributed by atoms with Crippen LogP contribution in [0.4, 0.5) is 0 Å². The smallest absolute Gasteiger partial charge is 0.255 e. The molecule has 0 fully saturated rings. The fraction of sp³-hybridized carbons (Fsp3) is 0.250. The Labute approximate surface area is 122 Å². The average molecular weight is 282 g/mol. The molecular weight excluding hydrogens is 264 g/mol. The Morgan fingerprint density at radius 3 is 2.71 bits per heavy atom. The van der Waals surface area contributed by atoms with Crippen LogP contribution in [0.15, 0.2) is 41.2 Å². The van der Waals surface area contributed by atoms with Gasteiger partial charge in [0.25, 0.3) is 5.56 Å². The van der Waals surface area contributed by atoms with Crippen LogP contribution in [0.2, 0.25) is 0 Å². The second-order valence-electron chi connectivity index (χ2n) is 5.18. The van der Waals surface area contributed by atoms with Crippen molar-refractivity contribution >= 4 is 10.9 Å². The molecule has 2 aromatic heterocycles. The third kappa shape index (κ3) is 2.25. The van der Waals surface area contributed by atoms with Gasteiger partial charge in [-0.05, 0) is 19.1 Å². The summed E-state index contributed by atoms with van der Waals surface area (Å²) in [7, 11) is 1.91. The first kappa shape index (κ1) is 13.6. The van der Waals surface area contributed by atoms with Gasteiger partial charge in [0.1, 0.15) is 0 Å². The largest absolute Gasteiger partial charge is 0.326 e. The number of nitrogens with zero attached hydrogens (tertiary/aromatic N) is 3. The van der Waals surface area contributed by atoms with Gasteiger partial charge >= 0.3 is 0 Å². The molecule has 3 rings (SSSR count). The molecule has 108 valence electrons. The van der Waals surface area contributed by atoms with E-state index in [0.29, 0.717) is 12.1 Å². The van der Waals surface area contributed by atoms with Crippen molar-refractivity contribution in [1.82, 2.24) is 14.3 Å². The van der Waals surface area contributed by atoms with Crippen LogP contribution in [0.5, 0.6) is 0 Å². The van der Waals surface area contributed by atoms with E-state index < -0.39 is 0 Å². The summed E-state index contributed by atoms with van der Waals surface area (Å²) in [5, 5.41) is 5.62. The van der Waals surface area contributed by atoms with Crippen molar-refractivity contribution in [3.63, 3.8) is 0 Å². The lowest BCUT2D eigenvalue weighted by Crippen LogP contribution is -2.27. The molecule has 21 heavy (non-hydrogen) atoms. The van der Waals surface area contributed by atoms with Gasteiger partial charge in [0.15, 0.2) is 0 Å². The van der Waals surface area contributed by atoms with E-state index >= 15 is 0 Å². The number of aryl methyl sites for hydroxylation is 2. The lowest BCUT2D eigenvalue weighted by Gasteiger charge is -2.10. The maximum atomic E-state index is 12.4. The van der Waals surface area contributed by atoms with Gasteiger partial charge in [0.05, 0.1) is 17.8 Å². The zero-order valence-corrected chi connectivity index (χ0v) is 12.2. The molecule has 0 aliphatic rings. The minimum atomic E-state index is -0.0350. The van der Waals surface area contributed by atoms with Crippen LogP contribution in [0.3, 0.4) is 0 Å². The molecule has 5 nitrogen and oxygen atoms in total. The number of nitrogens with two attached hydrogens (primary N) is 1. The van der Waals surface area contributed by atoms with Crippen LogP contribution >= 0.6 is 0 Å². The molecule has 0 aliphatic heterocycles. The number of para-hydroxylation sites is 1. The molecule has 3 aromatic rings. The molecule has 0 saturated heterocycles. The molecule has 2 N–H and O–H groups in total. The molecule has 0 atom stereocenters. The van der Waals surface area contributed by atoms with Gasteiger partial charge in [-0.25, -0.2) is 0 Å². The quantitative estimate of drug-likeness (QED) is 0.792. The van der Waals surface area contributed by atoms with Gasteiger partial charge < -0.3 is 10.3 Å². The number of aromatic nitrogens is 3. The van der Waals surface area contributed by atoms with E-state index in [1.54, 1.807) is 10.6 Å². The van der Waals surface area contributed by atoms with Crippen LogP contribution in [-0.2, 0) is 20.1 Å². The zero-order valence-electron chi connectivity index (χ0n) is 12.2. The predicted molar refractivity (Wildman–Crippen MR) is 83.1 cm³/mol. The first-order valence-electron chi connectivity index (χ1n) is 6.92. The minimum absolute atomic E-state index is 0.0350. The number of hydrogen-bond donors (Lipinski definition) is 1. The number of fused-ring (bicyclic) bond motifs is 1. The molecule has 0 saturated carbocycles. The summed E-state index contributed by atoms with van der Waals surface area (Å²) in [6, 6.07) is 11.8. The highest BCUT2D eigenvalue weighted by Crippen LogP contribution is 2.18. The summed E-state index contributed by atoms with van der Waals surface area (Å²) < 4.78 is 3.58. The maximum Gasteiger partial charge on any atom is 0.255 e. The summed E-state index contributed by atoms with van der Waals surface area (Å²) in [6.45, 7) is 2.63. The Bertz CT molecular complexity index is 860. The van der Waals surface area contributed by atoms with Crippen molar-refractivity contribution in [1.29, 1.82) is 0 Å². The highest BCUT2D eigenvalue weighted by atomic mass is 16.1. The van der Waals surface area contributed by atoms with Gasteiger partial charge in [-0.3, -0.25) is 9.48 Å². The van der Waals surface area contributed by atoms with Crippen molar-refractivity contribution in [3.05, 3.63) is 63.7 Å². The Hall–Kier alpha value is -2.40. The third-order valence-electron chi connectivity index (χ3n) is 3.83. The summed E-state index contributed by atoms with van der Waals surface area (Å²) in [5.41, 5.74) is 9.08. The maximum absolute atomic E-state index is 12.4. The molecule has 0 unspecified atom stereocenters. The minimum Gasteiger partial charge on any atom is -0.326 e. The van der Waals surface area contributed by atoms with E-state index in [-0.39, 0.29) is 12.1 Å². The second-order valence-corrected chi connectivity index (χ2v) is 5.18. The van der Waals surface area contributed by atoms with Gasteiger partial charge in [0.2, 0.25) is 0 Å². The second kappa shape index (κ2) is 5.18. The Balaban J connectivity index is 2.13. The molecule has 0 bridgehead atoms. The van der Waals surface area contributed by atoms with Crippen molar-refractivity contribution in [2.75, 3.05) is 0 Å². The molecule has 0 aliphatic carbocycles. The first-order valence-corrected chi connectivity index (χ1v) is 6.92. The van der Waals surface area contributed by atoms with Crippen LogP contribution in [0.1, 0.15) is 17.0 Å². The van der Waals surface area contributed by atoms with Crippen molar-refractivity contribution in [2.45, 2.75) is 20.0 Å². The average Bonchev–Trinajstić information content (AvgIpc) is 2.81. The van der Waals surface area contributed by atoms with Gasteiger partial charge in [-0.2, -0.15) is 5.10 Å². The van der Waals surface area contributed by atoms with E-state index in [1.807, 2.05) is 49.0 Å². The molecule has 0 amide bonds. The SMILES string of the molecule is Cc1ccc(CN)c(=O)n1Cc1nn(C)c2ccccc12. The van der Waals surface area contributed by atoms with E-state index in [9.17, 15) is 4.79 Å². The summed E-state index contributed by atoms with van der Waals surface area (Å²) >= 11 is 0. The van der Waals surface area contributed by atoms with Crippen molar-refractivity contribution in [2.24, 2.45) is 12.8 Å². The number of rotatable bonds is 3. The van der Waals surface area contributed by atoms with Crippen molar-refractivity contribution in [3.8, 4) is 0 Å². The highest BCUT2D eigenvalue weighted by Gasteiger charge is 2.11. The zero-order chi connectivity index (χ0) is 15.0. The number of benzene rings is 1. The molecule has 5 heteroatoms. The Morgan fingerprint density at radius 1 is 1.19 bits per heavy atom. The van der Waals surface area contributed by atoms with Crippen LogP contribution in [-0.4, -0.2) is 14.3 Å². The fourth-order valence-electron chi connectivity index (χ4n) is 2.62. The lowest BCUT2D eigenvalue weighted by atomic mass is 10.2. The summed E-state index contributed by atoms with van der Waals surface area (Å²) in [4.78, 5) is 12.4. The van der Waals surface area contributed by atoms with Crippen LogP contribution < -0.4 is 11.3 Å². The Kier molecular flexibility index (Phi) is 3.35. The van der Waals surface area contributed by atoms with Gasteiger partial charge in [-0.15, -0.1) is 0 Å². The van der Waals surface area contributed by atoms with Crippen LogP contribution in [0, 0.1) is 6.92 Å². The molecule has 0 spiro atoms. The predicted octanol–water partition coefficient (Wildman–Crippen LogP) is 1.55. The lowest BCUT2D eigenvalue weighted by molar-refractivity contribution is 0.678. The fourth-order valence-corrected chi connectivity index (χ4v) is 2.62. The topological polar surface area (TPSA) is 65.8 Å².